The minimum atomic E-state index is -3.19. The molecule has 26 heavy (non-hydrogen) atoms. The summed E-state index contributed by atoms with van der Waals surface area (Å²) in [5.74, 6) is 0.715. The summed E-state index contributed by atoms with van der Waals surface area (Å²) in [4.78, 5) is 11.6. The minimum absolute atomic E-state index is 0.151. The number of para-hydroxylation sites is 1. The predicted molar refractivity (Wildman–Crippen MR) is 97.5 cm³/mol. The largest absolute Gasteiger partial charge is 0.489 e. The van der Waals surface area contributed by atoms with E-state index in [2.05, 4.69) is 29.6 Å². The van der Waals surface area contributed by atoms with Crippen molar-refractivity contribution in [2.75, 3.05) is 5.32 Å². The van der Waals surface area contributed by atoms with E-state index in [9.17, 15) is 13.6 Å². The van der Waals surface area contributed by atoms with Crippen molar-refractivity contribution in [3.8, 4) is 5.75 Å². The minimum Gasteiger partial charge on any atom is -0.489 e. The molecule has 6 heteroatoms. The highest BCUT2D eigenvalue weighted by atomic mass is 19.3. The van der Waals surface area contributed by atoms with E-state index < -0.39 is 12.7 Å². The van der Waals surface area contributed by atoms with Crippen LogP contribution in [0.1, 0.15) is 29.2 Å². The SMILES string of the molecule is C=Cc1cccc(COc2ccc(CC)cc2C)c1NC(=O)OC(F)F. The van der Waals surface area contributed by atoms with Crippen molar-refractivity contribution in [1.29, 1.82) is 0 Å². The van der Waals surface area contributed by atoms with Crippen LogP contribution in [0.15, 0.2) is 43.0 Å². The van der Waals surface area contributed by atoms with Crippen molar-refractivity contribution in [2.45, 2.75) is 33.5 Å². The number of amides is 1. The molecule has 0 aromatic heterocycles. The number of carbonyl (C=O) groups excluding carboxylic acids is 1. The van der Waals surface area contributed by atoms with Gasteiger partial charge in [-0.25, -0.2) is 4.79 Å². The summed E-state index contributed by atoms with van der Waals surface area (Å²) >= 11 is 0. The van der Waals surface area contributed by atoms with E-state index in [0.29, 0.717) is 22.6 Å². The number of anilines is 1. The third kappa shape index (κ3) is 5.05. The quantitative estimate of drug-likeness (QED) is 0.703. The van der Waals surface area contributed by atoms with E-state index in [-0.39, 0.29) is 6.61 Å². The van der Waals surface area contributed by atoms with Gasteiger partial charge in [0.15, 0.2) is 0 Å². The molecule has 0 bridgehead atoms. The average Bonchev–Trinajstić information content (AvgIpc) is 2.60. The molecule has 0 spiro atoms. The van der Waals surface area contributed by atoms with Gasteiger partial charge in [0.25, 0.3) is 0 Å². The molecule has 1 N–H and O–H groups in total. The van der Waals surface area contributed by atoms with Crippen molar-refractivity contribution >= 4 is 17.9 Å². The van der Waals surface area contributed by atoms with E-state index in [1.165, 1.54) is 11.6 Å². The van der Waals surface area contributed by atoms with Gasteiger partial charge in [-0.3, -0.25) is 5.32 Å². The topological polar surface area (TPSA) is 47.6 Å². The van der Waals surface area contributed by atoms with Crippen LogP contribution in [0.2, 0.25) is 0 Å². The Kier molecular flexibility index (Phi) is 6.72. The Hall–Kier alpha value is -2.89. The molecular formula is C20H21F2NO3. The van der Waals surface area contributed by atoms with Crippen LogP contribution in [0, 0.1) is 6.92 Å². The summed E-state index contributed by atoms with van der Waals surface area (Å²) in [6, 6.07) is 11.1. The zero-order valence-electron chi connectivity index (χ0n) is 14.7. The molecule has 0 aliphatic heterocycles. The second-order valence-electron chi connectivity index (χ2n) is 5.62. The summed E-state index contributed by atoms with van der Waals surface area (Å²) in [5, 5.41) is 2.34. The van der Waals surface area contributed by atoms with Gasteiger partial charge in [0.1, 0.15) is 12.4 Å². The highest BCUT2D eigenvalue weighted by Gasteiger charge is 2.15. The van der Waals surface area contributed by atoms with Crippen LogP contribution in [0.5, 0.6) is 5.75 Å². The molecule has 0 atom stereocenters. The molecule has 4 nitrogen and oxygen atoms in total. The van der Waals surface area contributed by atoms with Crippen LogP contribution >= 0.6 is 0 Å². The fourth-order valence-electron chi connectivity index (χ4n) is 2.52. The van der Waals surface area contributed by atoms with Gasteiger partial charge in [0.2, 0.25) is 0 Å². The molecule has 0 heterocycles. The fourth-order valence-corrected chi connectivity index (χ4v) is 2.52. The van der Waals surface area contributed by atoms with Crippen molar-refractivity contribution in [3.63, 3.8) is 0 Å². The maximum absolute atomic E-state index is 12.2. The smallest absolute Gasteiger partial charge is 0.416 e. The van der Waals surface area contributed by atoms with Crippen LogP contribution in [0.3, 0.4) is 0 Å². The molecule has 0 saturated carbocycles. The Morgan fingerprint density at radius 1 is 1.31 bits per heavy atom. The highest BCUT2D eigenvalue weighted by molar-refractivity contribution is 5.89. The molecule has 2 aromatic rings. The highest BCUT2D eigenvalue weighted by Crippen LogP contribution is 2.26. The molecule has 2 rings (SSSR count). The van der Waals surface area contributed by atoms with E-state index in [4.69, 9.17) is 4.74 Å². The van der Waals surface area contributed by atoms with Crippen LogP contribution in [0.4, 0.5) is 19.3 Å². The van der Waals surface area contributed by atoms with Gasteiger partial charge < -0.3 is 9.47 Å². The summed E-state index contributed by atoms with van der Waals surface area (Å²) in [7, 11) is 0. The zero-order chi connectivity index (χ0) is 19.1. The molecule has 0 saturated heterocycles. The normalized spacial score (nSPS) is 10.5. The number of hydrogen-bond donors (Lipinski definition) is 1. The number of benzene rings is 2. The third-order valence-electron chi connectivity index (χ3n) is 3.86. The second-order valence-corrected chi connectivity index (χ2v) is 5.62. The molecule has 0 aliphatic rings. The molecular weight excluding hydrogens is 340 g/mol. The number of hydrogen-bond acceptors (Lipinski definition) is 3. The van der Waals surface area contributed by atoms with Crippen molar-refractivity contribution in [3.05, 3.63) is 65.2 Å². The Morgan fingerprint density at radius 3 is 2.69 bits per heavy atom. The number of alkyl halides is 2. The lowest BCUT2D eigenvalue weighted by molar-refractivity contribution is -0.0766. The Morgan fingerprint density at radius 2 is 2.08 bits per heavy atom. The first-order valence-corrected chi connectivity index (χ1v) is 8.17. The van der Waals surface area contributed by atoms with Crippen molar-refractivity contribution in [2.24, 2.45) is 0 Å². The summed E-state index contributed by atoms with van der Waals surface area (Å²) < 4.78 is 34.1. The standard InChI is InChI=1S/C20H21F2NO3/c1-4-14-9-10-17(13(3)11-14)25-12-16-8-6-7-15(5-2)18(16)23-20(24)26-19(21)22/h5-11,19H,2,4,12H2,1,3H3,(H,23,24). The van der Waals surface area contributed by atoms with Crippen molar-refractivity contribution in [1.82, 2.24) is 0 Å². The Balaban J connectivity index is 2.20. The number of aryl methyl sites for hydroxylation is 2. The molecule has 2 aromatic carbocycles. The number of nitrogens with one attached hydrogen (secondary N) is 1. The van der Waals surface area contributed by atoms with E-state index >= 15 is 0 Å². The van der Waals surface area contributed by atoms with E-state index in [1.807, 2.05) is 19.1 Å². The second kappa shape index (κ2) is 8.99. The van der Waals surface area contributed by atoms with Gasteiger partial charge in [-0.1, -0.05) is 49.9 Å². The third-order valence-corrected chi connectivity index (χ3v) is 3.86. The lowest BCUT2D eigenvalue weighted by Gasteiger charge is -2.16. The van der Waals surface area contributed by atoms with Gasteiger partial charge in [-0.15, -0.1) is 0 Å². The number of carbonyl (C=O) groups is 1. The maximum Gasteiger partial charge on any atom is 0.416 e. The predicted octanol–water partition coefficient (Wildman–Crippen LogP) is 5.55. The van der Waals surface area contributed by atoms with E-state index in [0.717, 1.165) is 12.0 Å². The lowest BCUT2D eigenvalue weighted by atomic mass is 10.1. The number of rotatable bonds is 7. The van der Waals surface area contributed by atoms with Gasteiger partial charge in [-0.2, -0.15) is 8.78 Å². The Bertz CT molecular complexity index is 791. The molecule has 1 amide bonds. The molecule has 0 aliphatic carbocycles. The van der Waals surface area contributed by atoms with Crippen LogP contribution in [0.25, 0.3) is 6.08 Å². The summed E-state index contributed by atoms with van der Waals surface area (Å²) in [6.07, 6.45) is 1.21. The summed E-state index contributed by atoms with van der Waals surface area (Å²) in [5.41, 5.74) is 3.73. The van der Waals surface area contributed by atoms with Gasteiger partial charge in [-0.05, 0) is 36.1 Å². The van der Waals surface area contributed by atoms with Gasteiger partial charge in [0.05, 0.1) is 5.69 Å². The van der Waals surface area contributed by atoms with Gasteiger partial charge in [0, 0.05) is 5.56 Å². The van der Waals surface area contributed by atoms with Gasteiger partial charge >= 0.3 is 12.7 Å². The van der Waals surface area contributed by atoms with Crippen LogP contribution in [-0.2, 0) is 17.8 Å². The zero-order valence-corrected chi connectivity index (χ0v) is 14.7. The molecule has 138 valence electrons. The first-order chi connectivity index (χ1) is 12.4. The maximum atomic E-state index is 12.2. The Labute approximate surface area is 151 Å². The lowest BCUT2D eigenvalue weighted by Crippen LogP contribution is -2.18. The van der Waals surface area contributed by atoms with E-state index in [1.54, 1.807) is 18.2 Å². The molecule has 0 fully saturated rings. The first kappa shape index (κ1) is 19.4. The first-order valence-electron chi connectivity index (χ1n) is 8.17. The monoisotopic (exact) mass is 361 g/mol. The van der Waals surface area contributed by atoms with Crippen molar-refractivity contribution < 1.29 is 23.0 Å². The van der Waals surface area contributed by atoms with Crippen LogP contribution < -0.4 is 10.1 Å². The molecule has 0 unspecified atom stereocenters. The molecule has 0 radical (unpaired) electrons. The number of halogens is 2. The average molecular weight is 361 g/mol. The van der Waals surface area contributed by atoms with Crippen LogP contribution in [-0.4, -0.2) is 12.7 Å². The number of ether oxygens (including phenoxy) is 2. The summed E-state index contributed by atoms with van der Waals surface area (Å²) in [6.45, 7) is 4.66. The fraction of sp³-hybridized carbons (Fsp3) is 0.250.